The van der Waals surface area contributed by atoms with Crippen molar-refractivity contribution in [3.8, 4) is 0 Å². The van der Waals surface area contributed by atoms with Crippen molar-refractivity contribution < 1.29 is 9.72 Å². The Bertz CT molecular complexity index is 294. The molecule has 0 atom stereocenters. The summed E-state index contributed by atoms with van der Waals surface area (Å²) in [7, 11) is 0. The largest absolute Gasteiger partial charge is 0.326 e. The summed E-state index contributed by atoms with van der Waals surface area (Å²) in [6, 6.07) is 0.0138. The third-order valence-electron chi connectivity index (χ3n) is 2.18. The fourth-order valence-electron chi connectivity index (χ4n) is 1.30. The van der Waals surface area contributed by atoms with Crippen LogP contribution in [-0.2, 0) is 4.79 Å². The number of rotatable bonds is 2. The highest BCUT2D eigenvalue weighted by Crippen LogP contribution is 2.20. The van der Waals surface area contributed by atoms with E-state index < -0.39 is 4.92 Å². The van der Waals surface area contributed by atoms with Gasteiger partial charge in [0.15, 0.2) is 0 Å². The van der Waals surface area contributed by atoms with Gasteiger partial charge in [0, 0.05) is 6.04 Å². The third kappa shape index (κ3) is 1.54. The lowest BCUT2D eigenvalue weighted by atomic mass is 10.3. The first-order chi connectivity index (χ1) is 5.95. The Hall–Kier alpha value is -1.39. The van der Waals surface area contributed by atoms with Crippen molar-refractivity contribution in [2.75, 3.05) is 6.54 Å². The van der Waals surface area contributed by atoms with Gasteiger partial charge in [-0.2, -0.15) is 0 Å². The summed E-state index contributed by atoms with van der Waals surface area (Å²) < 4.78 is 0. The quantitative estimate of drug-likeness (QED) is 0.470. The lowest BCUT2D eigenvalue weighted by molar-refractivity contribution is -0.427. The lowest BCUT2D eigenvalue weighted by Gasteiger charge is -2.19. The predicted octanol–water partition coefficient (Wildman–Crippen LogP) is 0.788. The maximum absolute atomic E-state index is 11.4. The maximum atomic E-state index is 11.4. The van der Waals surface area contributed by atoms with Gasteiger partial charge in [0.25, 0.3) is 11.6 Å². The number of hydrogen-bond acceptors (Lipinski definition) is 3. The minimum atomic E-state index is -0.477. The first-order valence-corrected chi connectivity index (χ1v) is 4.10. The summed E-state index contributed by atoms with van der Waals surface area (Å²) in [5.74, 6) is -0.221. The van der Waals surface area contributed by atoms with Crippen LogP contribution in [0.1, 0.15) is 20.8 Å². The average Bonchev–Trinajstić information content (AvgIpc) is 2.29. The topological polar surface area (TPSA) is 63.5 Å². The second-order valence-electron chi connectivity index (χ2n) is 3.36. The standard InChI is InChI=1S/C8H12N2O3/c1-5(2)9-4-7(10(12)13)6(3)8(9)11/h5H,4H2,1-3H3. The molecule has 5 heteroatoms. The molecule has 0 saturated heterocycles. The minimum Gasteiger partial charge on any atom is -0.326 e. The number of carbonyl (C=O) groups excluding carboxylic acids is 1. The summed E-state index contributed by atoms with van der Waals surface area (Å²) in [5, 5.41) is 10.5. The molecule has 72 valence electrons. The Morgan fingerprint density at radius 3 is 2.31 bits per heavy atom. The molecule has 1 aliphatic rings. The van der Waals surface area contributed by atoms with Crippen molar-refractivity contribution in [1.82, 2.24) is 4.90 Å². The molecule has 0 aromatic heterocycles. The van der Waals surface area contributed by atoms with Crippen LogP contribution in [0.5, 0.6) is 0 Å². The normalized spacial score (nSPS) is 17.5. The molecule has 0 aromatic rings. The third-order valence-corrected chi connectivity index (χ3v) is 2.18. The van der Waals surface area contributed by atoms with Crippen LogP contribution < -0.4 is 0 Å². The van der Waals surface area contributed by atoms with Crippen LogP contribution in [0.3, 0.4) is 0 Å². The van der Waals surface area contributed by atoms with Gasteiger partial charge < -0.3 is 4.90 Å². The Labute approximate surface area is 76.2 Å². The maximum Gasteiger partial charge on any atom is 0.273 e. The molecule has 13 heavy (non-hydrogen) atoms. The summed E-state index contributed by atoms with van der Waals surface area (Å²) in [6.07, 6.45) is 0. The van der Waals surface area contributed by atoms with Gasteiger partial charge in [-0.1, -0.05) is 0 Å². The van der Waals surface area contributed by atoms with Crippen LogP contribution in [0.2, 0.25) is 0 Å². The summed E-state index contributed by atoms with van der Waals surface area (Å²) >= 11 is 0. The predicted molar refractivity (Wildman–Crippen MR) is 46.5 cm³/mol. The first-order valence-electron chi connectivity index (χ1n) is 4.10. The second kappa shape index (κ2) is 3.16. The van der Waals surface area contributed by atoms with Gasteiger partial charge in [-0.15, -0.1) is 0 Å². The minimum absolute atomic E-state index is 0.0138. The van der Waals surface area contributed by atoms with Crippen molar-refractivity contribution in [3.05, 3.63) is 21.4 Å². The highest BCUT2D eigenvalue weighted by molar-refractivity contribution is 5.96. The molecule has 1 aliphatic heterocycles. The van der Waals surface area contributed by atoms with E-state index in [0.29, 0.717) is 0 Å². The molecule has 0 bridgehead atoms. The highest BCUT2D eigenvalue weighted by Gasteiger charge is 2.35. The molecular formula is C8H12N2O3. The van der Waals surface area contributed by atoms with E-state index in [1.165, 1.54) is 11.8 Å². The molecule has 0 fully saturated rings. The van der Waals surface area contributed by atoms with E-state index in [1.807, 2.05) is 13.8 Å². The van der Waals surface area contributed by atoms with E-state index in [-0.39, 0.29) is 29.8 Å². The van der Waals surface area contributed by atoms with Crippen LogP contribution in [0, 0.1) is 10.1 Å². The zero-order valence-electron chi connectivity index (χ0n) is 7.90. The summed E-state index contributed by atoms with van der Waals surface area (Å²) in [4.78, 5) is 22.9. The van der Waals surface area contributed by atoms with Crippen molar-refractivity contribution in [2.24, 2.45) is 0 Å². The van der Waals surface area contributed by atoms with E-state index in [0.717, 1.165) is 0 Å². The number of nitrogens with zero attached hydrogens (tertiary/aromatic N) is 2. The van der Waals surface area contributed by atoms with Crippen molar-refractivity contribution in [3.63, 3.8) is 0 Å². The van der Waals surface area contributed by atoms with Gasteiger partial charge >= 0.3 is 0 Å². The highest BCUT2D eigenvalue weighted by atomic mass is 16.6. The molecule has 0 unspecified atom stereocenters. The summed E-state index contributed by atoms with van der Waals surface area (Å²) in [5.41, 5.74) is 0.289. The molecule has 1 amide bonds. The van der Waals surface area contributed by atoms with Crippen molar-refractivity contribution in [1.29, 1.82) is 0 Å². The van der Waals surface area contributed by atoms with Gasteiger partial charge in [0.05, 0.1) is 10.5 Å². The molecule has 0 N–H and O–H groups in total. The Kier molecular flexibility index (Phi) is 2.36. The van der Waals surface area contributed by atoms with Gasteiger partial charge in [0.1, 0.15) is 6.54 Å². The van der Waals surface area contributed by atoms with Crippen molar-refractivity contribution >= 4 is 5.91 Å². The van der Waals surface area contributed by atoms with E-state index >= 15 is 0 Å². The van der Waals surface area contributed by atoms with Crippen LogP contribution in [0.25, 0.3) is 0 Å². The Morgan fingerprint density at radius 1 is 1.54 bits per heavy atom. The van der Waals surface area contributed by atoms with Crippen LogP contribution in [0.4, 0.5) is 0 Å². The van der Waals surface area contributed by atoms with Gasteiger partial charge in [0.2, 0.25) is 0 Å². The lowest BCUT2D eigenvalue weighted by Crippen LogP contribution is -2.33. The molecule has 1 rings (SSSR count). The molecule has 0 radical (unpaired) electrons. The monoisotopic (exact) mass is 184 g/mol. The van der Waals surface area contributed by atoms with Crippen LogP contribution in [0.15, 0.2) is 11.3 Å². The fourth-order valence-corrected chi connectivity index (χ4v) is 1.30. The van der Waals surface area contributed by atoms with E-state index in [4.69, 9.17) is 0 Å². The SMILES string of the molecule is CC1=C([N+](=O)[O-])CN(C(C)C)C1=O. The first kappa shape index (κ1) is 9.70. The Morgan fingerprint density at radius 2 is 2.08 bits per heavy atom. The molecule has 0 spiro atoms. The van der Waals surface area contributed by atoms with Crippen LogP contribution >= 0.6 is 0 Å². The molecule has 0 aliphatic carbocycles. The number of carbonyl (C=O) groups is 1. The zero-order valence-corrected chi connectivity index (χ0v) is 7.90. The molecule has 5 nitrogen and oxygen atoms in total. The molecule has 1 heterocycles. The van der Waals surface area contributed by atoms with Crippen LogP contribution in [-0.4, -0.2) is 28.3 Å². The van der Waals surface area contributed by atoms with Gasteiger partial charge in [-0.3, -0.25) is 14.9 Å². The van der Waals surface area contributed by atoms with Gasteiger partial charge in [-0.25, -0.2) is 0 Å². The average molecular weight is 184 g/mol. The molecule has 0 aromatic carbocycles. The van der Waals surface area contributed by atoms with E-state index in [1.54, 1.807) is 0 Å². The fraction of sp³-hybridized carbons (Fsp3) is 0.625. The summed E-state index contributed by atoms with van der Waals surface area (Å²) in [6.45, 7) is 5.32. The zero-order chi connectivity index (χ0) is 10.2. The van der Waals surface area contributed by atoms with E-state index in [9.17, 15) is 14.9 Å². The Balaban J connectivity index is 2.93. The molecule has 0 saturated carbocycles. The van der Waals surface area contributed by atoms with E-state index in [2.05, 4.69) is 0 Å². The van der Waals surface area contributed by atoms with Crippen molar-refractivity contribution in [2.45, 2.75) is 26.8 Å². The second-order valence-corrected chi connectivity index (χ2v) is 3.36. The smallest absolute Gasteiger partial charge is 0.273 e. The number of amides is 1. The number of hydrogen-bond donors (Lipinski definition) is 0. The molecular weight excluding hydrogens is 172 g/mol. The van der Waals surface area contributed by atoms with Gasteiger partial charge in [-0.05, 0) is 20.8 Å². The number of nitro groups is 1.